The van der Waals surface area contributed by atoms with Gasteiger partial charge in [-0.15, -0.1) is 10.2 Å². The Bertz CT molecular complexity index is 890. The predicted molar refractivity (Wildman–Crippen MR) is 111 cm³/mol. The number of aromatic nitrogens is 3. The number of carbonyl (C=O) groups is 1. The van der Waals surface area contributed by atoms with Crippen LogP contribution in [0.25, 0.3) is 11.4 Å². The van der Waals surface area contributed by atoms with E-state index < -0.39 is 0 Å². The number of nitrogens with one attached hydrogen (secondary N) is 1. The molecule has 140 valence electrons. The Balaban J connectivity index is 1.57. The van der Waals surface area contributed by atoms with E-state index in [-0.39, 0.29) is 11.7 Å². The van der Waals surface area contributed by atoms with Gasteiger partial charge in [-0.05, 0) is 30.0 Å². The van der Waals surface area contributed by atoms with Crippen molar-refractivity contribution < 1.29 is 4.79 Å². The van der Waals surface area contributed by atoms with Crippen LogP contribution in [-0.4, -0.2) is 26.4 Å². The first-order valence-corrected chi connectivity index (χ1v) is 10.0. The van der Waals surface area contributed by atoms with Crippen molar-refractivity contribution in [1.82, 2.24) is 14.8 Å². The van der Waals surface area contributed by atoms with Crippen molar-refractivity contribution in [3.63, 3.8) is 0 Å². The minimum absolute atomic E-state index is 0.0550. The number of amides is 1. The Hall–Kier alpha value is -2.60. The zero-order valence-corrected chi connectivity index (χ0v) is 16.7. The van der Waals surface area contributed by atoms with Gasteiger partial charge in [0, 0.05) is 18.3 Å². The number of benzene rings is 2. The Labute approximate surface area is 164 Å². The second-order valence-corrected chi connectivity index (χ2v) is 7.44. The summed E-state index contributed by atoms with van der Waals surface area (Å²) in [6, 6.07) is 18.0. The molecule has 1 amide bonds. The van der Waals surface area contributed by atoms with E-state index in [0.717, 1.165) is 28.7 Å². The van der Waals surface area contributed by atoms with Crippen LogP contribution >= 0.6 is 11.8 Å². The molecule has 1 N–H and O–H groups in total. The Morgan fingerprint density at radius 3 is 2.48 bits per heavy atom. The molecule has 1 aromatic heterocycles. The maximum Gasteiger partial charge on any atom is 0.234 e. The molecule has 0 aliphatic carbocycles. The van der Waals surface area contributed by atoms with Crippen molar-refractivity contribution in [2.45, 2.75) is 31.3 Å². The quantitative estimate of drug-likeness (QED) is 0.602. The van der Waals surface area contributed by atoms with Crippen LogP contribution in [0.2, 0.25) is 0 Å². The first kappa shape index (κ1) is 19.2. The molecule has 3 rings (SSSR count). The number of thioether (sulfide) groups is 1. The molecule has 0 saturated carbocycles. The summed E-state index contributed by atoms with van der Waals surface area (Å²) in [5.41, 5.74) is 3.11. The molecular formula is C21H24N4OS. The van der Waals surface area contributed by atoms with Gasteiger partial charge >= 0.3 is 0 Å². The van der Waals surface area contributed by atoms with E-state index in [4.69, 9.17) is 0 Å². The fraction of sp³-hybridized carbons (Fsp3) is 0.286. The van der Waals surface area contributed by atoms with E-state index in [9.17, 15) is 4.79 Å². The number of hydrogen-bond acceptors (Lipinski definition) is 4. The Morgan fingerprint density at radius 1 is 1.11 bits per heavy atom. The average Bonchev–Trinajstić information content (AvgIpc) is 3.07. The van der Waals surface area contributed by atoms with Crippen molar-refractivity contribution in [2.24, 2.45) is 7.05 Å². The van der Waals surface area contributed by atoms with Crippen LogP contribution in [0.1, 0.15) is 31.7 Å². The zero-order valence-electron chi connectivity index (χ0n) is 15.8. The maximum absolute atomic E-state index is 12.3. The molecule has 0 aliphatic heterocycles. The molecule has 2 aromatic carbocycles. The van der Waals surface area contributed by atoms with Gasteiger partial charge in [-0.25, -0.2) is 0 Å². The second-order valence-electron chi connectivity index (χ2n) is 6.50. The molecule has 0 unspecified atom stereocenters. The van der Waals surface area contributed by atoms with E-state index in [1.807, 2.05) is 54.1 Å². The van der Waals surface area contributed by atoms with Crippen molar-refractivity contribution in [3.8, 4) is 11.4 Å². The van der Waals surface area contributed by atoms with Gasteiger partial charge in [0.25, 0.3) is 0 Å². The van der Waals surface area contributed by atoms with Crippen LogP contribution in [-0.2, 0) is 11.8 Å². The predicted octanol–water partition coefficient (Wildman–Crippen LogP) is 4.73. The van der Waals surface area contributed by atoms with Crippen LogP contribution < -0.4 is 5.32 Å². The molecule has 3 aromatic rings. The Morgan fingerprint density at radius 2 is 1.81 bits per heavy atom. The summed E-state index contributed by atoms with van der Waals surface area (Å²) in [5, 5.41) is 12.1. The lowest BCUT2D eigenvalue weighted by atomic mass is 9.99. The van der Waals surface area contributed by atoms with Crippen LogP contribution in [0.4, 0.5) is 5.69 Å². The summed E-state index contributed by atoms with van der Waals surface area (Å²) in [6.07, 6.45) is 1.10. The third kappa shape index (κ3) is 4.77. The second kappa shape index (κ2) is 8.86. The smallest absolute Gasteiger partial charge is 0.234 e. The lowest BCUT2D eigenvalue weighted by Gasteiger charge is -2.10. The van der Waals surface area contributed by atoms with Crippen LogP contribution in [0, 0.1) is 0 Å². The standard InChI is InChI=1S/C21H24N4OS/c1-4-15(2)16-10-12-18(13-11-16)22-19(26)14-27-21-24-23-20(25(21)3)17-8-6-5-7-9-17/h5-13,15H,4,14H2,1-3H3,(H,22,26)/t15-/m1/s1. The highest BCUT2D eigenvalue weighted by Crippen LogP contribution is 2.23. The summed E-state index contributed by atoms with van der Waals surface area (Å²) in [6.45, 7) is 4.38. The third-order valence-electron chi connectivity index (χ3n) is 4.58. The monoisotopic (exact) mass is 380 g/mol. The van der Waals surface area contributed by atoms with Gasteiger partial charge < -0.3 is 9.88 Å². The molecule has 1 heterocycles. The van der Waals surface area contributed by atoms with Crippen molar-refractivity contribution >= 4 is 23.4 Å². The van der Waals surface area contributed by atoms with E-state index in [2.05, 4.69) is 41.5 Å². The highest BCUT2D eigenvalue weighted by molar-refractivity contribution is 7.99. The van der Waals surface area contributed by atoms with Gasteiger partial charge in [0.05, 0.1) is 5.75 Å². The van der Waals surface area contributed by atoms with Gasteiger partial charge in [0.2, 0.25) is 5.91 Å². The summed E-state index contributed by atoms with van der Waals surface area (Å²) in [7, 11) is 1.91. The normalized spacial score (nSPS) is 12.0. The number of nitrogens with zero attached hydrogens (tertiary/aromatic N) is 3. The molecular weight excluding hydrogens is 356 g/mol. The first-order chi connectivity index (χ1) is 13.1. The van der Waals surface area contributed by atoms with E-state index in [1.165, 1.54) is 17.3 Å². The molecule has 6 heteroatoms. The van der Waals surface area contributed by atoms with Gasteiger partial charge in [-0.1, -0.05) is 68.1 Å². The lowest BCUT2D eigenvalue weighted by molar-refractivity contribution is -0.113. The van der Waals surface area contributed by atoms with Crippen molar-refractivity contribution in [1.29, 1.82) is 0 Å². The topological polar surface area (TPSA) is 59.8 Å². The van der Waals surface area contributed by atoms with Gasteiger partial charge in [-0.3, -0.25) is 4.79 Å². The summed E-state index contributed by atoms with van der Waals surface area (Å²) < 4.78 is 1.91. The number of carbonyl (C=O) groups excluding carboxylic acids is 1. The molecule has 0 radical (unpaired) electrons. The van der Waals surface area contributed by atoms with Gasteiger partial charge in [0.15, 0.2) is 11.0 Å². The molecule has 0 fully saturated rings. The first-order valence-electron chi connectivity index (χ1n) is 9.06. The SMILES string of the molecule is CC[C@@H](C)c1ccc(NC(=O)CSc2nnc(-c3ccccc3)n2C)cc1. The van der Waals surface area contributed by atoms with Crippen LogP contribution in [0.3, 0.4) is 0 Å². The summed E-state index contributed by atoms with van der Waals surface area (Å²) in [4.78, 5) is 12.3. The van der Waals surface area contributed by atoms with E-state index >= 15 is 0 Å². The minimum atomic E-state index is -0.0550. The molecule has 27 heavy (non-hydrogen) atoms. The maximum atomic E-state index is 12.3. The van der Waals surface area contributed by atoms with Gasteiger partial charge in [0.1, 0.15) is 0 Å². The summed E-state index contributed by atoms with van der Waals surface area (Å²) in [5.74, 6) is 1.55. The molecule has 0 aliphatic rings. The molecule has 5 nitrogen and oxygen atoms in total. The molecule has 0 bridgehead atoms. The fourth-order valence-corrected chi connectivity index (χ4v) is 3.45. The highest BCUT2D eigenvalue weighted by atomic mass is 32.2. The van der Waals surface area contributed by atoms with Crippen molar-refractivity contribution in [2.75, 3.05) is 11.1 Å². The molecule has 1 atom stereocenters. The lowest BCUT2D eigenvalue weighted by Crippen LogP contribution is -2.14. The minimum Gasteiger partial charge on any atom is -0.325 e. The number of rotatable bonds is 7. The van der Waals surface area contributed by atoms with E-state index in [0.29, 0.717) is 5.92 Å². The third-order valence-corrected chi connectivity index (χ3v) is 5.60. The largest absolute Gasteiger partial charge is 0.325 e. The number of anilines is 1. The Kier molecular flexibility index (Phi) is 6.29. The van der Waals surface area contributed by atoms with Crippen LogP contribution in [0.15, 0.2) is 59.8 Å². The average molecular weight is 381 g/mol. The molecule has 0 spiro atoms. The summed E-state index contributed by atoms with van der Waals surface area (Å²) >= 11 is 1.38. The van der Waals surface area contributed by atoms with E-state index in [1.54, 1.807) is 0 Å². The van der Waals surface area contributed by atoms with Crippen molar-refractivity contribution in [3.05, 3.63) is 60.2 Å². The molecule has 0 saturated heterocycles. The van der Waals surface area contributed by atoms with Crippen LogP contribution in [0.5, 0.6) is 0 Å². The number of hydrogen-bond donors (Lipinski definition) is 1. The zero-order chi connectivity index (χ0) is 19.2. The highest BCUT2D eigenvalue weighted by Gasteiger charge is 2.13. The van der Waals surface area contributed by atoms with Gasteiger partial charge in [-0.2, -0.15) is 0 Å². The fourth-order valence-electron chi connectivity index (χ4n) is 2.74.